The first-order chi connectivity index (χ1) is 8.97. The van der Waals surface area contributed by atoms with Gasteiger partial charge in [0.25, 0.3) is 0 Å². The van der Waals surface area contributed by atoms with Crippen LogP contribution in [0.4, 0.5) is 8.78 Å². The Morgan fingerprint density at radius 3 is 2.79 bits per heavy atom. The van der Waals surface area contributed by atoms with E-state index in [9.17, 15) is 13.6 Å². The SMILES string of the molecule is Cn1nc(CCC(=O)O)cc1-c1cc(F)ccc1F. The number of hydrogen-bond acceptors (Lipinski definition) is 2. The van der Waals surface area contributed by atoms with E-state index in [1.165, 1.54) is 4.68 Å². The maximum absolute atomic E-state index is 13.7. The van der Waals surface area contributed by atoms with Crippen molar-refractivity contribution in [2.45, 2.75) is 12.8 Å². The second-order valence-electron chi connectivity index (χ2n) is 4.16. The van der Waals surface area contributed by atoms with Gasteiger partial charge in [-0.3, -0.25) is 9.48 Å². The van der Waals surface area contributed by atoms with Crippen molar-refractivity contribution in [1.29, 1.82) is 0 Å². The second-order valence-corrected chi connectivity index (χ2v) is 4.16. The fourth-order valence-corrected chi connectivity index (χ4v) is 1.83. The van der Waals surface area contributed by atoms with Crippen molar-refractivity contribution in [2.24, 2.45) is 7.05 Å². The Morgan fingerprint density at radius 2 is 2.11 bits per heavy atom. The number of aromatic nitrogens is 2. The van der Waals surface area contributed by atoms with E-state index in [4.69, 9.17) is 5.11 Å². The summed E-state index contributed by atoms with van der Waals surface area (Å²) in [7, 11) is 1.60. The molecular weight excluding hydrogens is 254 g/mol. The third-order valence-corrected chi connectivity index (χ3v) is 2.73. The summed E-state index contributed by atoms with van der Waals surface area (Å²) in [5.41, 5.74) is 1.05. The van der Waals surface area contributed by atoms with E-state index < -0.39 is 17.6 Å². The van der Waals surface area contributed by atoms with Crippen LogP contribution in [0.2, 0.25) is 0 Å². The molecule has 0 fully saturated rings. The molecule has 0 amide bonds. The van der Waals surface area contributed by atoms with Crippen LogP contribution in [0.25, 0.3) is 11.3 Å². The molecule has 0 atom stereocenters. The normalized spacial score (nSPS) is 10.7. The Bertz CT molecular complexity index is 623. The van der Waals surface area contributed by atoms with Crippen molar-refractivity contribution < 1.29 is 18.7 Å². The van der Waals surface area contributed by atoms with Gasteiger partial charge in [-0.1, -0.05) is 0 Å². The van der Waals surface area contributed by atoms with Gasteiger partial charge in [-0.15, -0.1) is 0 Å². The third-order valence-electron chi connectivity index (χ3n) is 2.73. The molecular formula is C13H12F2N2O2. The predicted octanol–water partition coefficient (Wildman–Crippen LogP) is 2.38. The molecule has 0 unspecified atom stereocenters. The number of nitrogens with zero attached hydrogens (tertiary/aromatic N) is 2. The standard InChI is InChI=1S/C13H12F2N2O2/c1-17-12(7-9(16-17)3-5-13(18)19)10-6-8(14)2-4-11(10)15/h2,4,6-7H,3,5H2,1H3,(H,18,19). The van der Waals surface area contributed by atoms with E-state index in [1.807, 2.05) is 0 Å². The fourth-order valence-electron chi connectivity index (χ4n) is 1.83. The molecule has 0 aliphatic rings. The highest BCUT2D eigenvalue weighted by Crippen LogP contribution is 2.24. The molecule has 19 heavy (non-hydrogen) atoms. The summed E-state index contributed by atoms with van der Waals surface area (Å²) in [4.78, 5) is 10.5. The number of hydrogen-bond donors (Lipinski definition) is 1. The Morgan fingerprint density at radius 1 is 1.37 bits per heavy atom. The molecule has 100 valence electrons. The molecule has 0 spiro atoms. The van der Waals surface area contributed by atoms with Crippen molar-refractivity contribution in [2.75, 3.05) is 0 Å². The van der Waals surface area contributed by atoms with Crippen LogP contribution >= 0.6 is 0 Å². The van der Waals surface area contributed by atoms with Gasteiger partial charge < -0.3 is 5.11 Å². The van der Waals surface area contributed by atoms with Gasteiger partial charge in [0, 0.05) is 19.0 Å². The summed E-state index contributed by atoms with van der Waals surface area (Å²) in [5.74, 6) is -2.01. The van der Waals surface area contributed by atoms with Gasteiger partial charge >= 0.3 is 5.97 Å². The van der Waals surface area contributed by atoms with Gasteiger partial charge in [-0.05, 0) is 24.3 Å². The summed E-state index contributed by atoms with van der Waals surface area (Å²) in [6.45, 7) is 0. The van der Waals surface area contributed by atoms with Crippen molar-refractivity contribution in [3.8, 4) is 11.3 Å². The Kier molecular flexibility index (Phi) is 3.59. The lowest BCUT2D eigenvalue weighted by Crippen LogP contribution is -1.99. The fraction of sp³-hybridized carbons (Fsp3) is 0.231. The van der Waals surface area contributed by atoms with E-state index >= 15 is 0 Å². The molecule has 4 nitrogen and oxygen atoms in total. The van der Waals surface area contributed by atoms with Gasteiger partial charge in [0.15, 0.2) is 0 Å². The molecule has 0 aliphatic heterocycles. The van der Waals surface area contributed by atoms with Crippen molar-refractivity contribution in [3.63, 3.8) is 0 Å². The molecule has 6 heteroatoms. The van der Waals surface area contributed by atoms with Crippen molar-refractivity contribution >= 4 is 5.97 Å². The zero-order valence-corrected chi connectivity index (χ0v) is 10.2. The molecule has 0 radical (unpaired) electrons. The molecule has 0 saturated heterocycles. The number of halogens is 2. The van der Waals surface area contributed by atoms with Gasteiger partial charge in [-0.25, -0.2) is 8.78 Å². The number of rotatable bonds is 4. The predicted molar refractivity (Wildman–Crippen MR) is 64.5 cm³/mol. The first kappa shape index (κ1) is 13.2. The summed E-state index contributed by atoms with van der Waals surface area (Å²) >= 11 is 0. The molecule has 1 aromatic carbocycles. The highest BCUT2D eigenvalue weighted by molar-refractivity contribution is 5.67. The largest absolute Gasteiger partial charge is 0.481 e. The number of aryl methyl sites for hydroxylation is 2. The van der Waals surface area contributed by atoms with Crippen LogP contribution in [-0.2, 0) is 18.3 Å². The number of benzene rings is 1. The third kappa shape index (κ3) is 2.96. The van der Waals surface area contributed by atoms with E-state index in [2.05, 4.69) is 5.10 Å². The molecule has 0 bridgehead atoms. The van der Waals surface area contributed by atoms with Crippen LogP contribution in [0.15, 0.2) is 24.3 Å². The van der Waals surface area contributed by atoms with Crippen LogP contribution < -0.4 is 0 Å². The Labute approximate surface area is 108 Å². The Balaban J connectivity index is 2.34. The zero-order chi connectivity index (χ0) is 14.0. The maximum Gasteiger partial charge on any atom is 0.303 e. The maximum atomic E-state index is 13.7. The molecule has 1 heterocycles. The quantitative estimate of drug-likeness (QED) is 0.924. The average Bonchev–Trinajstić information content (AvgIpc) is 2.71. The zero-order valence-electron chi connectivity index (χ0n) is 10.2. The van der Waals surface area contributed by atoms with Gasteiger partial charge in [0.05, 0.1) is 17.8 Å². The lowest BCUT2D eigenvalue weighted by Gasteiger charge is -2.03. The van der Waals surface area contributed by atoms with Crippen molar-refractivity contribution in [1.82, 2.24) is 9.78 Å². The first-order valence-electron chi connectivity index (χ1n) is 5.67. The highest BCUT2D eigenvalue weighted by Gasteiger charge is 2.13. The Hall–Kier alpha value is -2.24. The van der Waals surface area contributed by atoms with Crippen LogP contribution in [0.3, 0.4) is 0 Å². The minimum Gasteiger partial charge on any atom is -0.481 e. The lowest BCUT2D eigenvalue weighted by molar-refractivity contribution is -0.136. The molecule has 0 saturated carbocycles. The van der Waals surface area contributed by atoms with Crippen molar-refractivity contribution in [3.05, 3.63) is 41.6 Å². The van der Waals surface area contributed by atoms with Crippen LogP contribution in [0.5, 0.6) is 0 Å². The number of carbonyl (C=O) groups is 1. The summed E-state index contributed by atoms with van der Waals surface area (Å²) in [6, 6.07) is 4.75. The summed E-state index contributed by atoms with van der Waals surface area (Å²) in [5, 5.41) is 12.7. The van der Waals surface area contributed by atoms with E-state index in [0.717, 1.165) is 18.2 Å². The van der Waals surface area contributed by atoms with Crippen LogP contribution in [0, 0.1) is 11.6 Å². The first-order valence-corrected chi connectivity index (χ1v) is 5.67. The molecule has 0 aliphatic carbocycles. The molecule has 2 aromatic rings. The molecule has 1 aromatic heterocycles. The van der Waals surface area contributed by atoms with E-state index in [1.54, 1.807) is 13.1 Å². The summed E-state index contributed by atoms with van der Waals surface area (Å²) in [6.07, 6.45) is 0.197. The number of aliphatic carboxylic acids is 1. The molecule has 1 N–H and O–H groups in total. The van der Waals surface area contributed by atoms with Gasteiger partial charge in [-0.2, -0.15) is 5.10 Å². The van der Waals surface area contributed by atoms with E-state index in [0.29, 0.717) is 11.4 Å². The minimum absolute atomic E-state index is 0.0535. The topological polar surface area (TPSA) is 55.1 Å². The second kappa shape index (κ2) is 5.17. The van der Waals surface area contributed by atoms with Crippen LogP contribution in [0.1, 0.15) is 12.1 Å². The number of carboxylic acids is 1. The minimum atomic E-state index is -0.927. The van der Waals surface area contributed by atoms with E-state index in [-0.39, 0.29) is 18.4 Å². The van der Waals surface area contributed by atoms with Crippen LogP contribution in [-0.4, -0.2) is 20.9 Å². The summed E-state index contributed by atoms with van der Waals surface area (Å²) < 4.78 is 28.2. The highest BCUT2D eigenvalue weighted by atomic mass is 19.1. The number of carboxylic acid groups (broad SMARTS) is 1. The lowest BCUT2D eigenvalue weighted by atomic mass is 10.1. The smallest absolute Gasteiger partial charge is 0.303 e. The van der Waals surface area contributed by atoms with Gasteiger partial charge in [0.1, 0.15) is 11.6 Å². The molecule has 2 rings (SSSR count). The van der Waals surface area contributed by atoms with Gasteiger partial charge in [0.2, 0.25) is 0 Å². The average molecular weight is 266 g/mol. The monoisotopic (exact) mass is 266 g/mol.